The van der Waals surface area contributed by atoms with Crippen LogP contribution in [0.3, 0.4) is 0 Å². The van der Waals surface area contributed by atoms with E-state index in [4.69, 9.17) is 11.6 Å². The van der Waals surface area contributed by atoms with Crippen molar-refractivity contribution in [2.45, 2.75) is 51.6 Å². The minimum absolute atomic E-state index is 0.0830. The summed E-state index contributed by atoms with van der Waals surface area (Å²) in [7, 11) is 1.45. The van der Waals surface area contributed by atoms with Crippen molar-refractivity contribution in [1.82, 2.24) is 15.5 Å². The van der Waals surface area contributed by atoms with Gasteiger partial charge in [0.05, 0.1) is 5.56 Å². The molecule has 0 aliphatic carbocycles. The van der Waals surface area contributed by atoms with Gasteiger partial charge in [0, 0.05) is 24.3 Å². The molecule has 2 aromatic carbocycles. The molecule has 2 N–H and O–H groups in total. The van der Waals surface area contributed by atoms with Crippen LogP contribution in [-0.2, 0) is 9.59 Å². The molecule has 0 aromatic heterocycles. The molecule has 8 nitrogen and oxygen atoms in total. The van der Waals surface area contributed by atoms with Crippen LogP contribution in [0, 0.1) is 11.7 Å². The van der Waals surface area contributed by atoms with Crippen molar-refractivity contribution in [2.24, 2.45) is 5.92 Å². The van der Waals surface area contributed by atoms with Crippen LogP contribution in [0.5, 0.6) is 0 Å². The second kappa shape index (κ2) is 11.7. The molecule has 1 aliphatic rings. The predicted octanol–water partition coefficient (Wildman–Crippen LogP) is 4.38. The molecule has 5 amide bonds. The largest absolute Gasteiger partial charge is 0.354 e. The van der Waals surface area contributed by atoms with Gasteiger partial charge in [0.15, 0.2) is 0 Å². The number of nitrogens with zero attached hydrogens (tertiary/aromatic N) is 2. The summed E-state index contributed by atoms with van der Waals surface area (Å²) in [6.45, 7) is 5.52. The van der Waals surface area contributed by atoms with Gasteiger partial charge >= 0.3 is 6.03 Å². The number of anilines is 1. The summed E-state index contributed by atoms with van der Waals surface area (Å²) in [5.74, 6) is -2.63. The number of nitrogens with one attached hydrogen (secondary N) is 2. The van der Waals surface area contributed by atoms with Crippen LogP contribution in [0.1, 0.15) is 50.4 Å². The maximum absolute atomic E-state index is 14.2. The van der Waals surface area contributed by atoms with Crippen molar-refractivity contribution >= 4 is 41.0 Å². The van der Waals surface area contributed by atoms with Crippen LogP contribution in [0.4, 0.5) is 14.9 Å². The van der Waals surface area contributed by atoms with Gasteiger partial charge in [-0.25, -0.2) is 9.18 Å². The summed E-state index contributed by atoms with van der Waals surface area (Å²) in [5.41, 5.74) is -0.819. The molecule has 1 heterocycles. The molecule has 2 atom stereocenters. The Bertz CT molecular complexity index is 1180. The highest BCUT2D eigenvalue weighted by atomic mass is 35.5. The Morgan fingerprint density at radius 1 is 1.08 bits per heavy atom. The average Bonchev–Trinajstić information content (AvgIpc) is 3.05. The Hall–Kier alpha value is -3.46. The van der Waals surface area contributed by atoms with E-state index in [9.17, 15) is 23.6 Å². The summed E-state index contributed by atoms with van der Waals surface area (Å²) >= 11 is 5.90. The van der Waals surface area contributed by atoms with E-state index in [1.54, 1.807) is 38.1 Å². The number of amides is 5. The van der Waals surface area contributed by atoms with Crippen molar-refractivity contribution in [1.29, 1.82) is 0 Å². The molecule has 37 heavy (non-hydrogen) atoms. The molecule has 0 spiro atoms. The van der Waals surface area contributed by atoms with Gasteiger partial charge in [0.25, 0.3) is 11.8 Å². The fourth-order valence-electron chi connectivity index (χ4n) is 4.67. The summed E-state index contributed by atoms with van der Waals surface area (Å²) in [6, 6.07) is 11.2. The zero-order chi connectivity index (χ0) is 27.3. The molecule has 0 bridgehead atoms. The smallest absolute Gasteiger partial charge is 0.331 e. The van der Waals surface area contributed by atoms with Crippen molar-refractivity contribution in [2.75, 3.05) is 18.5 Å². The third kappa shape index (κ3) is 5.77. The van der Waals surface area contributed by atoms with Gasteiger partial charge in [-0.05, 0) is 49.1 Å². The van der Waals surface area contributed by atoms with Crippen LogP contribution in [0.25, 0.3) is 0 Å². The molecule has 0 radical (unpaired) electrons. The highest BCUT2D eigenvalue weighted by Crippen LogP contribution is 2.38. The number of halogens is 2. The molecule has 2 aromatic rings. The first kappa shape index (κ1) is 28.1. The molecule has 198 valence electrons. The molecule has 1 saturated heterocycles. The van der Waals surface area contributed by atoms with Gasteiger partial charge in [-0.3, -0.25) is 24.2 Å². The number of urea groups is 1. The monoisotopic (exact) mass is 530 g/mol. The molecule has 1 fully saturated rings. The second-order valence-electron chi connectivity index (χ2n) is 9.46. The van der Waals surface area contributed by atoms with Crippen molar-refractivity contribution in [3.8, 4) is 0 Å². The van der Waals surface area contributed by atoms with Crippen LogP contribution >= 0.6 is 11.6 Å². The first-order chi connectivity index (χ1) is 17.5. The van der Waals surface area contributed by atoms with E-state index in [0.29, 0.717) is 18.5 Å². The third-order valence-electron chi connectivity index (χ3n) is 6.53. The van der Waals surface area contributed by atoms with E-state index in [1.165, 1.54) is 24.1 Å². The standard InChI is InChI=1S/C27H32ClFN4O4/c1-5-13-27(25(36)32(4)26(37)33(27)19-9-7-6-8-10-19)14-15-30-24(35)22(17(2)3)31-23(34)20-16-18(28)11-12-21(20)29/h6-12,16-17,22H,5,13-15H2,1-4H3,(H,30,35)(H,31,34). The normalized spacial score (nSPS) is 18.4. The minimum atomic E-state index is -1.16. The lowest BCUT2D eigenvalue weighted by Crippen LogP contribution is -2.54. The van der Waals surface area contributed by atoms with E-state index >= 15 is 0 Å². The number of para-hydroxylation sites is 1. The molecule has 10 heteroatoms. The van der Waals surface area contributed by atoms with Crippen LogP contribution in [-0.4, -0.2) is 53.8 Å². The predicted molar refractivity (Wildman–Crippen MR) is 140 cm³/mol. The van der Waals surface area contributed by atoms with E-state index in [1.807, 2.05) is 13.0 Å². The van der Waals surface area contributed by atoms with Crippen LogP contribution in [0.15, 0.2) is 48.5 Å². The minimum Gasteiger partial charge on any atom is -0.354 e. The van der Waals surface area contributed by atoms with Gasteiger partial charge < -0.3 is 10.6 Å². The molecule has 1 aliphatic heterocycles. The fraction of sp³-hybridized carbons (Fsp3) is 0.407. The van der Waals surface area contributed by atoms with E-state index in [-0.39, 0.29) is 35.4 Å². The van der Waals surface area contributed by atoms with Gasteiger partial charge in [-0.1, -0.05) is 57.0 Å². The molecule has 0 saturated carbocycles. The Morgan fingerprint density at radius 3 is 2.38 bits per heavy atom. The van der Waals surface area contributed by atoms with E-state index in [0.717, 1.165) is 11.0 Å². The van der Waals surface area contributed by atoms with Crippen molar-refractivity contribution in [3.05, 3.63) is 64.9 Å². The van der Waals surface area contributed by atoms with E-state index in [2.05, 4.69) is 10.6 Å². The molecular weight excluding hydrogens is 499 g/mol. The number of carbonyl (C=O) groups excluding carboxylic acids is 4. The Kier molecular flexibility index (Phi) is 8.91. The fourth-order valence-corrected chi connectivity index (χ4v) is 4.84. The summed E-state index contributed by atoms with van der Waals surface area (Å²) in [6.07, 6.45) is 1.23. The lowest BCUT2D eigenvalue weighted by atomic mass is 9.87. The SMILES string of the molecule is CCCC1(CCNC(=O)C(NC(=O)c2cc(Cl)ccc2F)C(C)C)C(=O)N(C)C(=O)N1c1ccccc1. The first-order valence-corrected chi connectivity index (χ1v) is 12.6. The van der Waals surface area contributed by atoms with Crippen LogP contribution in [0.2, 0.25) is 5.02 Å². The van der Waals surface area contributed by atoms with E-state index < -0.39 is 35.2 Å². The maximum atomic E-state index is 14.2. The molecular formula is C27H32ClFN4O4. The zero-order valence-electron chi connectivity index (χ0n) is 21.4. The molecule has 2 unspecified atom stereocenters. The van der Waals surface area contributed by atoms with Gasteiger partial charge in [-0.2, -0.15) is 0 Å². The molecule has 3 rings (SSSR count). The quantitative estimate of drug-likeness (QED) is 0.445. The van der Waals surface area contributed by atoms with Gasteiger partial charge in [0.1, 0.15) is 17.4 Å². The van der Waals surface area contributed by atoms with Crippen molar-refractivity contribution in [3.63, 3.8) is 0 Å². The highest BCUT2D eigenvalue weighted by molar-refractivity contribution is 6.31. The van der Waals surface area contributed by atoms with Gasteiger partial charge in [0.2, 0.25) is 5.91 Å². The lowest BCUT2D eigenvalue weighted by molar-refractivity contribution is -0.131. The topological polar surface area (TPSA) is 98.8 Å². The first-order valence-electron chi connectivity index (χ1n) is 12.2. The van der Waals surface area contributed by atoms with Crippen molar-refractivity contribution < 1.29 is 23.6 Å². The number of hydrogen-bond donors (Lipinski definition) is 2. The summed E-state index contributed by atoms with van der Waals surface area (Å²) in [5, 5.41) is 5.58. The Labute approximate surface area is 221 Å². The lowest BCUT2D eigenvalue weighted by Gasteiger charge is -2.35. The van der Waals surface area contributed by atoms with Gasteiger partial charge in [-0.15, -0.1) is 0 Å². The Morgan fingerprint density at radius 2 is 1.76 bits per heavy atom. The number of rotatable bonds is 10. The number of carbonyl (C=O) groups is 4. The number of likely N-dealkylation sites (N-methyl/N-ethyl adjacent to an activating group) is 1. The maximum Gasteiger partial charge on any atom is 0.331 e. The number of hydrogen-bond acceptors (Lipinski definition) is 4. The second-order valence-corrected chi connectivity index (χ2v) is 9.90. The van der Waals surface area contributed by atoms with Crippen LogP contribution < -0.4 is 15.5 Å². The highest BCUT2D eigenvalue weighted by Gasteiger charge is 2.55. The zero-order valence-corrected chi connectivity index (χ0v) is 22.1. The number of benzene rings is 2. The summed E-state index contributed by atoms with van der Waals surface area (Å²) in [4.78, 5) is 54.8. The third-order valence-corrected chi connectivity index (χ3v) is 6.77. The Balaban J connectivity index is 1.77. The average molecular weight is 531 g/mol. The number of imide groups is 1. The summed E-state index contributed by atoms with van der Waals surface area (Å²) < 4.78 is 14.2.